The minimum atomic E-state index is -1.19. The zero-order valence-electron chi connectivity index (χ0n) is 18.4. The smallest absolute Gasteiger partial charge is 0.341 e. The summed E-state index contributed by atoms with van der Waals surface area (Å²) in [5.74, 6) is -0.538. The van der Waals surface area contributed by atoms with Gasteiger partial charge in [-0.25, -0.2) is 4.79 Å². The number of halogens is 1. The van der Waals surface area contributed by atoms with E-state index < -0.39 is 11.4 Å². The zero-order valence-corrected chi connectivity index (χ0v) is 20.0. The Hall–Kier alpha value is -2.35. The SMILES string of the molecule is COc1c(-c2cc3c(s2)CCCC3N(C)C)ccc2c(=O)c(C(=O)O)cn(C3CC3)c12.Cl. The van der Waals surface area contributed by atoms with E-state index in [1.807, 2.05) is 10.6 Å². The number of benzene rings is 1. The minimum absolute atomic E-state index is 0. The molecule has 1 atom stereocenters. The molecule has 2 aromatic heterocycles. The number of methoxy groups -OCH3 is 1. The summed E-state index contributed by atoms with van der Waals surface area (Å²) in [5, 5.41) is 9.93. The first-order valence-electron chi connectivity index (χ1n) is 10.7. The maximum absolute atomic E-state index is 12.9. The summed E-state index contributed by atoms with van der Waals surface area (Å²) in [6.07, 6.45) is 6.88. The van der Waals surface area contributed by atoms with Crippen LogP contribution in [-0.2, 0) is 6.42 Å². The Morgan fingerprint density at radius 3 is 2.62 bits per heavy atom. The number of aromatic carboxylic acids is 1. The van der Waals surface area contributed by atoms with Gasteiger partial charge in [0, 0.05) is 33.6 Å². The van der Waals surface area contributed by atoms with Crippen LogP contribution in [0.15, 0.2) is 29.2 Å². The Balaban J connectivity index is 0.00000245. The molecule has 1 fully saturated rings. The van der Waals surface area contributed by atoms with Crippen molar-refractivity contribution in [2.75, 3.05) is 21.2 Å². The maximum atomic E-state index is 12.9. The molecule has 5 rings (SSSR count). The van der Waals surface area contributed by atoms with Crippen molar-refractivity contribution in [1.82, 2.24) is 9.47 Å². The van der Waals surface area contributed by atoms with E-state index in [9.17, 15) is 14.7 Å². The molecule has 0 aliphatic heterocycles. The molecule has 1 unspecified atom stereocenters. The van der Waals surface area contributed by atoms with Crippen molar-refractivity contribution in [2.24, 2.45) is 0 Å². The first-order chi connectivity index (χ1) is 14.9. The second kappa shape index (κ2) is 8.54. The first-order valence-corrected chi connectivity index (χ1v) is 11.5. The highest BCUT2D eigenvalue weighted by molar-refractivity contribution is 7.15. The van der Waals surface area contributed by atoms with Crippen molar-refractivity contribution in [1.29, 1.82) is 0 Å². The van der Waals surface area contributed by atoms with Gasteiger partial charge in [-0.3, -0.25) is 4.79 Å². The zero-order chi connectivity index (χ0) is 21.9. The fourth-order valence-corrected chi connectivity index (χ4v) is 6.09. The number of hydrogen-bond donors (Lipinski definition) is 1. The number of aromatic nitrogens is 1. The number of rotatable bonds is 5. The number of nitrogens with zero attached hydrogens (tertiary/aromatic N) is 2. The fourth-order valence-electron chi connectivity index (χ4n) is 4.81. The molecule has 170 valence electrons. The van der Waals surface area contributed by atoms with Gasteiger partial charge in [-0.2, -0.15) is 0 Å². The Labute approximate surface area is 196 Å². The number of aryl methyl sites for hydroxylation is 1. The van der Waals surface area contributed by atoms with Crippen LogP contribution in [0.1, 0.15) is 58.6 Å². The van der Waals surface area contributed by atoms with Crippen LogP contribution >= 0.6 is 23.7 Å². The lowest BCUT2D eigenvalue weighted by atomic mass is 9.92. The van der Waals surface area contributed by atoms with Crippen molar-refractivity contribution in [3.8, 4) is 16.2 Å². The summed E-state index contributed by atoms with van der Waals surface area (Å²) >= 11 is 1.80. The minimum Gasteiger partial charge on any atom is -0.494 e. The van der Waals surface area contributed by atoms with Crippen molar-refractivity contribution in [2.45, 2.75) is 44.2 Å². The standard InChI is InChI=1S/C24H26N2O4S.ClH/c1-25(2)18-5-4-6-19-16(18)11-20(31-19)14-9-10-15-21(23(14)30-3)26(13-7-8-13)12-17(22(15)27)24(28)29;/h9-13,18H,4-8H2,1-3H3,(H,28,29);1H. The second-order valence-electron chi connectivity index (χ2n) is 8.72. The van der Waals surface area contributed by atoms with Crippen LogP contribution < -0.4 is 10.2 Å². The molecular weight excluding hydrogens is 448 g/mol. The summed E-state index contributed by atoms with van der Waals surface area (Å²) in [6, 6.07) is 6.58. The Morgan fingerprint density at radius 1 is 1.25 bits per heavy atom. The molecular formula is C24H27ClN2O4S. The molecule has 3 aromatic rings. The van der Waals surface area contributed by atoms with Crippen LogP contribution in [0.2, 0.25) is 0 Å². The van der Waals surface area contributed by atoms with E-state index in [2.05, 4.69) is 25.1 Å². The highest BCUT2D eigenvalue weighted by Crippen LogP contribution is 2.47. The van der Waals surface area contributed by atoms with E-state index in [4.69, 9.17) is 4.74 Å². The number of fused-ring (bicyclic) bond motifs is 2. The number of ether oxygens (including phenoxy) is 1. The first kappa shape index (κ1) is 22.8. The Morgan fingerprint density at radius 2 is 2.00 bits per heavy atom. The van der Waals surface area contributed by atoms with E-state index in [-0.39, 0.29) is 24.0 Å². The van der Waals surface area contributed by atoms with Gasteiger partial charge in [-0.05, 0) is 70.0 Å². The van der Waals surface area contributed by atoms with Gasteiger partial charge >= 0.3 is 5.97 Å². The van der Waals surface area contributed by atoms with Gasteiger partial charge in [0.1, 0.15) is 5.56 Å². The van der Waals surface area contributed by atoms with Crippen LogP contribution in [-0.4, -0.2) is 41.7 Å². The van der Waals surface area contributed by atoms with Crippen molar-refractivity contribution in [3.05, 3.63) is 50.6 Å². The number of thiophene rings is 1. The van der Waals surface area contributed by atoms with Gasteiger partial charge in [-0.1, -0.05) is 0 Å². The van der Waals surface area contributed by atoms with Gasteiger partial charge in [0.15, 0.2) is 5.75 Å². The van der Waals surface area contributed by atoms with Crippen molar-refractivity contribution in [3.63, 3.8) is 0 Å². The summed E-state index contributed by atoms with van der Waals surface area (Å²) in [5.41, 5.74) is 2.41. The number of pyridine rings is 1. The van der Waals surface area contributed by atoms with Crippen molar-refractivity contribution >= 4 is 40.6 Å². The molecule has 32 heavy (non-hydrogen) atoms. The average molecular weight is 475 g/mol. The highest BCUT2D eigenvalue weighted by atomic mass is 35.5. The van der Waals surface area contributed by atoms with Gasteiger partial charge in [0.25, 0.3) is 0 Å². The Bertz CT molecular complexity index is 1260. The van der Waals surface area contributed by atoms with Crippen LogP contribution in [0.5, 0.6) is 5.75 Å². The molecule has 0 radical (unpaired) electrons. The molecule has 1 saturated carbocycles. The molecule has 8 heteroatoms. The number of carboxylic acid groups (broad SMARTS) is 1. The van der Waals surface area contributed by atoms with E-state index in [0.29, 0.717) is 22.7 Å². The lowest BCUT2D eigenvalue weighted by molar-refractivity contribution is 0.0695. The maximum Gasteiger partial charge on any atom is 0.341 e. The molecule has 6 nitrogen and oxygen atoms in total. The monoisotopic (exact) mass is 474 g/mol. The normalized spacial score (nSPS) is 17.8. The van der Waals surface area contributed by atoms with Gasteiger partial charge in [0.2, 0.25) is 5.43 Å². The summed E-state index contributed by atoms with van der Waals surface area (Å²) < 4.78 is 7.83. The molecule has 0 bridgehead atoms. The third kappa shape index (κ3) is 3.62. The topological polar surface area (TPSA) is 71.8 Å². The van der Waals surface area contributed by atoms with E-state index >= 15 is 0 Å². The third-order valence-electron chi connectivity index (χ3n) is 6.49. The predicted molar refractivity (Wildman–Crippen MR) is 130 cm³/mol. The number of carboxylic acids is 1. The summed E-state index contributed by atoms with van der Waals surface area (Å²) in [7, 11) is 5.88. The molecule has 0 amide bonds. The Kier molecular flexibility index (Phi) is 6.09. The average Bonchev–Trinajstić information content (AvgIpc) is 3.50. The second-order valence-corrected chi connectivity index (χ2v) is 9.86. The molecule has 2 aliphatic carbocycles. The lowest BCUT2D eigenvalue weighted by Gasteiger charge is -2.28. The van der Waals surface area contributed by atoms with Crippen LogP contribution in [0.25, 0.3) is 21.3 Å². The largest absolute Gasteiger partial charge is 0.494 e. The summed E-state index contributed by atoms with van der Waals surface area (Å²) in [6.45, 7) is 0. The van der Waals surface area contributed by atoms with Gasteiger partial charge < -0.3 is 19.3 Å². The number of hydrogen-bond acceptors (Lipinski definition) is 5. The van der Waals surface area contributed by atoms with Gasteiger partial charge in [0.05, 0.1) is 18.0 Å². The highest BCUT2D eigenvalue weighted by Gasteiger charge is 2.30. The lowest BCUT2D eigenvalue weighted by Crippen LogP contribution is -2.22. The van der Waals surface area contributed by atoms with Gasteiger partial charge in [-0.15, -0.1) is 23.7 Å². The molecule has 2 heterocycles. The quantitative estimate of drug-likeness (QED) is 0.554. The third-order valence-corrected chi connectivity index (χ3v) is 7.74. The van der Waals surface area contributed by atoms with Crippen LogP contribution in [0.4, 0.5) is 0 Å². The fraction of sp³-hybridized carbons (Fsp3) is 0.417. The molecule has 1 N–H and O–H groups in total. The van der Waals surface area contributed by atoms with Crippen LogP contribution in [0, 0.1) is 0 Å². The molecule has 0 spiro atoms. The molecule has 0 saturated heterocycles. The summed E-state index contributed by atoms with van der Waals surface area (Å²) in [4.78, 5) is 29.4. The van der Waals surface area contributed by atoms with Crippen LogP contribution in [0.3, 0.4) is 0 Å². The van der Waals surface area contributed by atoms with E-state index in [1.165, 1.54) is 23.1 Å². The number of carbonyl (C=O) groups is 1. The van der Waals surface area contributed by atoms with E-state index in [1.54, 1.807) is 24.5 Å². The van der Waals surface area contributed by atoms with E-state index in [0.717, 1.165) is 36.1 Å². The molecule has 2 aliphatic rings. The molecule has 1 aromatic carbocycles. The van der Waals surface area contributed by atoms with Crippen molar-refractivity contribution < 1.29 is 14.6 Å². The predicted octanol–water partition coefficient (Wildman–Crippen LogP) is 5.13.